The minimum atomic E-state index is -0.0113. The van der Waals surface area contributed by atoms with Crippen LogP contribution in [0.2, 0.25) is 0 Å². The largest absolute Gasteiger partial charge is 0.491 e. The second-order valence-electron chi connectivity index (χ2n) is 2.92. The molecule has 0 saturated carbocycles. The Balaban J connectivity index is 2.70. The molecule has 0 unspecified atom stereocenters. The molecule has 0 aliphatic rings. The quantitative estimate of drug-likeness (QED) is 0.367. The number of amidine groups is 1. The van der Waals surface area contributed by atoms with Gasteiger partial charge in [-0.2, -0.15) is 5.26 Å². The summed E-state index contributed by atoms with van der Waals surface area (Å²) in [5, 5.41) is 20.1. The van der Waals surface area contributed by atoms with Crippen molar-refractivity contribution in [2.24, 2.45) is 4.99 Å². The first-order valence-corrected chi connectivity index (χ1v) is 6.14. The highest BCUT2D eigenvalue weighted by Crippen LogP contribution is 2.19. The number of aliphatic hydroxyl groups excluding tert-OH is 1. The van der Waals surface area contributed by atoms with Gasteiger partial charge in [-0.1, -0.05) is 11.8 Å². The van der Waals surface area contributed by atoms with Crippen molar-refractivity contribution in [3.63, 3.8) is 0 Å². The molecule has 0 radical (unpaired) electrons. The summed E-state index contributed by atoms with van der Waals surface area (Å²) in [6, 6.07) is 7.08. The van der Waals surface area contributed by atoms with E-state index in [2.05, 4.69) is 10.3 Å². The van der Waals surface area contributed by atoms with E-state index >= 15 is 0 Å². The van der Waals surface area contributed by atoms with Crippen LogP contribution in [0.5, 0.6) is 5.75 Å². The molecule has 0 amide bonds. The van der Waals surface area contributed by atoms with Crippen LogP contribution < -0.4 is 10.1 Å². The van der Waals surface area contributed by atoms with Gasteiger partial charge in [-0.15, -0.1) is 0 Å². The van der Waals surface area contributed by atoms with E-state index in [4.69, 9.17) is 15.1 Å². The summed E-state index contributed by atoms with van der Waals surface area (Å²) in [5.41, 5.74) is 0.730. The van der Waals surface area contributed by atoms with Gasteiger partial charge in [-0.3, -0.25) is 5.32 Å². The second-order valence-corrected chi connectivity index (χ2v) is 3.72. The standard InChI is InChI=1S/C11H13N3O2S/c1-17-11(13-8-12)14-9-2-4-10(5-3-9)16-7-6-15/h2-5,15H,6-7H2,1H3,(H,13,14). The van der Waals surface area contributed by atoms with Crippen LogP contribution in [0.1, 0.15) is 0 Å². The van der Waals surface area contributed by atoms with Crippen molar-refractivity contribution in [3.05, 3.63) is 24.3 Å². The Hall–Kier alpha value is -1.71. The summed E-state index contributed by atoms with van der Waals surface area (Å²) in [7, 11) is 0. The van der Waals surface area contributed by atoms with Crippen LogP contribution in [-0.2, 0) is 0 Å². The fourth-order valence-electron chi connectivity index (χ4n) is 1.07. The topological polar surface area (TPSA) is 77.6 Å². The van der Waals surface area contributed by atoms with Gasteiger partial charge in [0.1, 0.15) is 12.4 Å². The van der Waals surface area contributed by atoms with Gasteiger partial charge in [0.25, 0.3) is 0 Å². The smallest absolute Gasteiger partial charge is 0.183 e. The number of benzene rings is 1. The number of ether oxygens (including phenoxy) is 1. The molecule has 90 valence electrons. The van der Waals surface area contributed by atoms with Gasteiger partial charge >= 0.3 is 0 Å². The van der Waals surface area contributed by atoms with Crippen molar-refractivity contribution < 1.29 is 9.84 Å². The number of aliphatic hydroxyl groups is 1. The van der Waals surface area contributed by atoms with E-state index in [1.807, 2.05) is 12.4 Å². The molecule has 0 heterocycles. The third-order valence-corrected chi connectivity index (χ3v) is 2.36. The maximum Gasteiger partial charge on any atom is 0.183 e. The van der Waals surface area contributed by atoms with Gasteiger partial charge in [0, 0.05) is 0 Å². The van der Waals surface area contributed by atoms with Crippen molar-refractivity contribution in [1.82, 2.24) is 5.32 Å². The predicted octanol–water partition coefficient (Wildman–Crippen LogP) is 1.48. The Bertz CT molecular complexity index is 412. The molecule has 0 saturated heterocycles. The summed E-state index contributed by atoms with van der Waals surface area (Å²) >= 11 is 1.36. The minimum absolute atomic E-state index is 0.0113. The van der Waals surface area contributed by atoms with Crippen LogP contribution in [0.4, 0.5) is 5.69 Å². The van der Waals surface area contributed by atoms with E-state index in [-0.39, 0.29) is 13.2 Å². The number of nitrogens with one attached hydrogen (secondary N) is 1. The van der Waals surface area contributed by atoms with Crippen molar-refractivity contribution >= 4 is 22.6 Å². The molecule has 0 aliphatic heterocycles. The molecule has 5 nitrogen and oxygen atoms in total. The fourth-order valence-corrected chi connectivity index (χ4v) is 1.41. The molecular formula is C11H13N3O2S. The number of rotatable bonds is 4. The Morgan fingerprint density at radius 1 is 1.53 bits per heavy atom. The highest BCUT2D eigenvalue weighted by molar-refractivity contribution is 8.13. The van der Waals surface area contributed by atoms with Crippen LogP contribution in [-0.4, -0.2) is 29.7 Å². The van der Waals surface area contributed by atoms with Gasteiger partial charge in [0.05, 0.1) is 12.3 Å². The van der Waals surface area contributed by atoms with E-state index in [1.54, 1.807) is 24.3 Å². The predicted molar refractivity (Wildman–Crippen MR) is 68.4 cm³/mol. The van der Waals surface area contributed by atoms with Crippen molar-refractivity contribution in [3.8, 4) is 11.9 Å². The van der Waals surface area contributed by atoms with E-state index < -0.39 is 0 Å². The summed E-state index contributed by atoms with van der Waals surface area (Å²) in [5.74, 6) is 0.678. The van der Waals surface area contributed by atoms with Gasteiger partial charge < -0.3 is 9.84 Å². The van der Waals surface area contributed by atoms with Crippen molar-refractivity contribution in [2.75, 3.05) is 19.5 Å². The lowest BCUT2D eigenvalue weighted by Gasteiger charge is -2.04. The Labute approximate surface area is 104 Å². The molecule has 1 rings (SSSR count). The zero-order valence-corrected chi connectivity index (χ0v) is 10.2. The molecule has 0 fully saturated rings. The third-order valence-electron chi connectivity index (χ3n) is 1.78. The normalized spacial score (nSPS) is 10.8. The Morgan fingerprint density at radius 3 is 2.76 bits per heavy atom. The number of nitriles is 1. The summed E-state index contributed by atoms with van der Waals surface area (Å²) in [6.45, 7) is 0.261. The number of nitrogens with zero attached hydrogens (tertiary/aromatic N) is 2. The van der Waals surface area contributed by atoms with Crippen molar-refractivity contribution in [2.45, 2.75) is 0 Å². The molecule has 0 aliphatic carbocycles. The second kappa shape index (κ2) is 7.54. The molecule has 1 aromatic carbocycles. The summed E-state index contributed by atoms with van der Waals surface area (Å²) < 4.78 is 5.22. The number of aliphatic imine (C=N–C) groups is 1. The number of hydrogen-bond acceptors (Lipinski definition) is 5. The average molecular weight is 251 g/mol. The molecule has 6 heteroatoms. The molecular weight excluding hydrogens is 238 g/mol. The first-order valence-electron chi connectivity index (χ1n) is 4.91. The maximum atomic E-state index is 8.60. The summed E-state index contributed by atoms with van der Waals surface area (Å²) in [4.78, 5) is 4.23. The minimum Gasteiger partial charge on any atom is -0.491 e. The SMILES string of the molecule is CSC(=Nc1ccc(OCCO)cc1)NC#N. The van der Waals surface area contributed by atoms with Gasteiger partial charge in [0.15, 0.2) is 11.4 Å². The molecule has 0 bridgehead atoms. The Kier molecular flexibility index (Phi) is 5.93. The van der Waals surface area contributed by atoms with Gasteiger partial charge in [0.2, 0.25) is 0 Å². The highest BCUT2D eigenvalue weighted by Gasteiger charge is 1.97. The zero-order valence-electron chi connectivity index (χ0n) is 9.38. The first-order chi connectivity index (χ1) is 8.30. The van der Waals surface area contributed by atoms with Crippen LogP contribution >= 0.6 is 11.8 Å². The average Bonchev–Trinajstić information content (AvgIpc) is 2.37. The lowest BCUT2D eigenvalue weighted by Crippen LogP contribution is -2.12. The fraction of sp³-hybridized carbons (Fsp3) is 0.273. The summed E-state index contributed by atoms with van der Waals surface area (Å²) in [6.07, 6.45) is 3.66. The lowest BCUT2D eigenvalue weighted by molar-refractivity contribution is 0.201. The molecule has 17 heavy (non-hydrogen) atoms. The van der Waals surface area contributed by atoms with Crippen molar-refractivity contribution in [1.29, 1.82) is 5.26 Å². The molecule has 0 atom stereocenters. The molecule has 0 spiro atoms. The van der Waals surface area contributed by atoms with Gasteiger partial charge in [-0.25, -0.2) is 4.99 Å². The Morgan fingerprint density at radius 2 is 2.24 bits per heavy atom. The van der Waals surface area contributed by atoms with E-state index in [0.717, 1.165) is 5.69 Å². The molecule has 0 aromatic heterocycles. The van der Waals surface area contributed by atoms with Gasteiger partial charge in [-0.05, 0) is 30.5 Å². The first kappa shape index (κ1) is 13.4. The molecule has 2 N–H and O–H groups in total. The van der Waals surface area contributed by atoms with E-state index in [0.29, 0.717) is 10.9 Å². The van der Waals surface area contributed by atoms with Crippen LogP contribution in [0.15, 0.2) is 29.3 Å². The van der Waals surface area contributed by atoms with E-state index in [1.165, 1.54) is 11.8 Å². The van der Waals surface area contributed by atoms with Crippen LogP contribution in [0, 0.1) is 11.5 Å². The zero-order chi connectivity index (χ0) is 12.5. The van der Waals surface area contributed by atoms with Crippen LogP contribution in [0.25, 0.3) is 0 Å². The third kappa shape index (κ3) is 4.76. The maximum absolute atomic E-state index is 8.60. The number of hydrogen-bond donors (Lipinski definition) is 2. The molecule has 1 aromatic rings. The number of thioether (sulfide) groups is 1. The van der Waals surface area contributed by atoms with Crippen LogP contribution in [0.3, 0.4) is 0 Å². The highest BCUT2D eigenvalue weighted by atomic mass is 32.2. The lowest BCUT2D eigenvalue weighted by atomic mass is 10.3. The van der Waals surface area contributed by atoms with E-state index in [9.17, 15) is 0 Å². The monoisotopic (exact) mass is 251 g/mol.